The number of hydrogen-bond acceptors (Lipinski definition) is 5. The average Bonchev–Trinajstić information content (AvgIpc) is 2.58. The molecule has 0 unspecified atom stereocenters. The van der Waals surface area contributed by atoms with E-state index in [0.29, 0.717) is 29.8 Å². The van der Waals surface area contributed by atoms with Gasteiger partial charge in [-0.15, -0.1) is 11.8 Å². The molecule has 0 spiro atoms. The van der Waals surface area contributed by atoms with Gasteiger partial charge < -0.3 is 5.32 Å². The van der Waals surface area contributed by atoms with Crippen LogP contribution in [0.3, 0.4) is 0 Å². The van der Waals surface area contributed by atoms with Gasteiger partial charge in [-0.25, -0.2) is 4.79 Å². The molecule has 0 amide bonds. The van der Waals surface area contributed by atoms with Crippen molar-refractivity contribution >= 4 is 23.4 Å². The van der Waals surface area contributed by atoms with Crippen LogP contribution in [0, 0.1) is 5.41 Å². The quantitative estimate of drug-likeness (QED) is 0.693. The maximum atomic E-state index is 13.1. The molecule has 1 aliphatic carbocycles. The van der Waals surface area contributed by atoms with Crippen LogP contribution >= 0.6 is 11.8 Å². The second-order valence-electron chi connectivity index (χ2n) is 7.86. The van der Waals surface area contributed by atoms with Crippen molar-refractivity contribution in [2.45, 2.75) is 37.5 Å². The molecule has 1 aromatic carbocycles. The molecule has 0 radical (unpaired) electrons. The lowest BCUT2D eigenvalue weighted by molar-refractivity contribution is -0.118. The fraction of sp³-hybridized carbons (Fsp3) is 0.350. The Hall–Kier alpha value is -2.54. The van der Waals surface area contributed by atoms with E-state index in [-0.39, 0.29) is 11.2 Å². The third kappa shape index (κ3) is 3.06. The van der Waals surface area contributed by atoms with Crippen molar-refractivity contribution in [3.63, 3.8) is 0 Å². The van der Waals surface area contributed by atoms with Crippen molar-refractivity contribution < 1.29 is 4.79 Å². The van der Waals surface area contributed by atoms with E-state index < -0.39 is 17.2 Å². The van der Waals surface area contributed by atoms with Crippen LogP contribution in [0.25, 0.3) is 0 Å². The van der Waals surface area contributed by atoms with E-state index in [9.17, 15) is 14.4 Å². The minimum Gasteiger partial charge on any atom is -0.344 e. The third-order valence-corrected chi connectivity index (χ3v) is 5.95. The highest BCUT2D eigenvalue weighted by Gasteiger charge is 2.42. The largest absolute Gasteiger partial charge is 0.344 e. The van der Waals surface area contributed by atoms with Gasteiger partial charge in [-0.05, 0) is 35.8 Å². The van der Waals surface area contributed by atoms with Gasteiger partial charge in [0, 0.05) is 28.5 Å². The molecule has 0 saturated heterocycles. The van der Waals surface area contributed by atoms with Crippen molar-refractivity contribution in [3.05, 3.63) is 67.5 Å². The molecule has 2 aliphatic rings. The number of ketones is 1. The second-order valence-corrected chi connectivity index (χ2v) is 8.74. The van der Waals surface area contributed by atoms with Gasteiger partial charge in [0.2, 0.25) is 0 Å². The van der Waals surface area contributed by atoms with Crippen LogP contribution in [0.4, 0.5) is 5.82 Å². The summed E-state index contributed by atoms with van der Waals surface area (Å²) in [7, 11) is 0. The molecule has 1 atom stereocenters. The zero-order valence-corrected chi connectivity index (χ0v) is 16.3. The lowest BCUT2D eigenvalue weighted by Crippen LogP contribution is -2.38. The van der Waals surface area contributed by atoms with E-state index in [1.54, 1.807) is 11.8 Å². The molecule has 6 nitrogen and oxygen atoms in total. The van der Waals surface area contributed by atoms with Gasteiger partial charge >= 0.3 is 5.69 Å². The first kappa shape index (κ1) is 17.9. The van der Waals surface area contributed by atoms with Gasteiger partial charge in [0.25, 0.3) is 5.56 Å². The summed E-state index contributed by atoms with van der Waals surface area (Å²) in [5.41, 5.74) is 1.49. The number of Topliss-reactive ketones (excluding diaryl/α,β-unsaturated/α-hetero) is 1. The van der Waals surface area contributed by atoms with Crippen LogP contribution in [0.1, 0.15) is 43.7 Å². The molecule has 140 valence electrons. The van der Waals surface area contributed by atoms with Crippen molar-refractivity contribution in [2.24, 2.45) is 5.41 Å². The topological polar surface area (TPSA) is 94.8 Å². The van der Waals surface area contributed by atoms with E-state index in [1.165, 1.54) is 0 Å². The Morgan fingerprint density at radius 3 is 2.41 bits per heavy atom. The molecule has 3 N–H and O–H groups in total. The van der Waals surface area contributed by atoms with Gasteiger partial charge in [0.05, 0.1) is 5.56 Å². The summed E-state index contributed by atoms with van der Waals surface area (Å²) in [5.74, 6) is -0.0627. The number of H-pyrrole nitrogens is 2. The zero-order chi connectivity index (χ0) is 19.3. The molecule has 0 saturated carbocycles. The van der Waals surface area contributed by atoms with E-state index in [2.05, 4.69) is 29.1 Å². The second kappa shape index (κ2) is 6.27. The lowest BCUT2D eigenvalue weighted by atomic mass is 9.69. The minimum atomic E-state index is -0.562. The number of fused-ring (bicyclic) bond motifs is 1. The van der Waals surface area contributed by atoms with Crippen LogP contribution in [-0.2, 0) is 4.79 Å². The Morgan fingerprint density at radius 2 is 1.74 bits per heavy atom. The number of nitrogens with one attached hydrogen (secondary N) is 3. The first-order chi connectivity index (χ1) is 12.8. The normalized spacial score (nSPS) is 20.7. The fourth-order valence-corrected chi connectivity index (χ4v) is 4.48. The van der Waals surface area contributed by atoms with E-state index >= 15 is 0 Å². The number of aromatic amines is 2. The first-order valence-corrected chi connectivity index (χ1v) is 10.1. The summed E-state index contributed by atoms with van der Waals surface area (Å²) in [6.45, 7) is 4.10. The third-order valence-electron chi connectivity index (χ3n) is 5.20. The van der Waals surface area contributed by atoms with Gasteiger partial charge in [0.15, 0.2) is 5.78 Å². The summed E-state index contributed by atoms with van der Waals surface area (Å²) in [4.78, 5) is 43.6. The number of aromatic nitrogens is 2. The Labute approximate surface area is 160 Å². The molecular weight excluding hydrogens is 362 g/mol. The SMILES string of the molecule is CSc1ccc([C@@H]2C3=C(CC(C)(C)CC3=O)Nc3[nH]c(=O)[nH]c(=O)c32)cc1. The smallest absolute Gasteiger partial charge is 0.327 e. The zero-order valence-electron chi connectivity index (χ0n) is 15.4. The maximum absolute atomic E-state index is 13.1. The van der Waals surface area contributed by atoms with Crippen molar-refractivity contribution in [1.29, 1.82) is 0 Å². The Balaban J connectivity index is 1.97. The van der Waals surface area contributed by atoms with Crippen molar-refractivity contribution in [1.82, 2.24) is 9.97 Å². The van der Waals surface area contributed by atoms with E-state index in [4.69, 9.17) is 0 Å². The van der Waals surface area contributed by atoms with E-state index in [1.807, 2.05) is 30.5 Å². The fourth-order valence-electron chi connectivity index (χ4n) is 4.08. The Bertz CT molecular complexity index is 1080. The molecule has 1 aliphatic heterocycles. The molecule has 4 rings (SSSR count). The predicted octanol–water partition coefficient (Wildman–Crippen LogP) is 2.99. The van der Waals surface area contributed by atoms with Crippen LogP contribution in [0.5, 0.6) is 0 Å². The highest BCUT2D eigenvalue weighted by molar-refractivity contribution is 7.98. The monoisotopic (exact) mass is 383 g/mol. The average molecular weight is 383 g/mol. The van der Waals surface area contributed by atoms with Gasteiger partial charge in [-0.1, -0.05) is 26.0 Å². The molecule has 2 aromatic rings. The van der Waals surface area contributed by atoms with Crippen LogP contribution in [0.15, 0.2) is 50.0 Å². The lowest BCUT2D eigenvalue weighted by Gasteiger charge is -2.38. The predicted molar refractivity (Wildman–Crippen MR) is 106 cm³/mol. The molecule has 1 aromatic heterocycles. The highest BCUT2D eigenvalue weighted by atomic mass is 32.2. The molecule has 7 heteroatoms. The van der Waals surface area contributed by atoms with E-state index in [0.717, 1.165) is 16.2 Å². The Kier molecular flexibility index (Phi) is 4.14. The molecule has 2 heterocycles. The molecule has 0 bridgehead atoms. The summed E-state index contributed by atoms with van der Waals surface area (Å²) in [5, 5.41) is 3.17. The van der Waals surface area contributed by atoms with Crippen LogP contribution in [0.2, 0.25) is 0 Å². The van der Waals surface area contributed by atoms with Crippen molar-refractivity contribution in [2.75, 3.05) is 11.6 Å². The number of rotatable bonds is 2. The number of carbonyl (C=O) groups excluding carboxylic acids is 1. The van der Waals surface area contributed by atoms with Crippen LogP contribution in [-0.4, -0.2) is 22.0 Å². The first-order valence-electron chi connectivity index (χ1n) is 8.83. The van der Waals surface area contributed by atoms with Crippen LogP contribution < -0.4 is 16.6 Å². The van der Waals surface area contributed by atoms with Gasteiger partial charge in [-0.2, -0.15) is 0 Å². The molecule has 27 heavy (non-hydrogen) atoms. The number of allylic oxidation sites excluding steroid dienone is 2. The number of hydrogen-bond donors (Lipinski definition) is 3. The number of anilines is 1. The molecule has 0 fully saturated rings. The summed E-state index contributed by atoms with van der Waals surface area (Å²) >= 11 is 1.63. The standard InChI is InChI=1S/C20H21N3O3S/c1-20(2)8-12-15(13(24)9-20)14(10-4-6-11(27-3)7-5-10)16-17(21-12)22-19(26)23-18(16)25/h4-7,14H,8-9H2,1-3H3,(H3,21,22,23,25,26)/t14-/m1/s1. The number of benzene rings is 1. The maximum Gasteiger partial charge on any atom is 0.327 e. The highest BCUT2D eigenvalue weighted by Crippen LogP contribution is 2.47. The Morgan fingerprint density at radius 1 is 1.04 bits per heavy atom. The number of carbonyl (C=O) groups is 1. The molecular formula is C20H21N3O3S. The summed E-state index contributed by atoms with van der Waals surface area (Å²) < 4.78 is 0. The van der Waals surface area contributed by atoms with Gasteiger partial charge in [0.1, 0.15) is 5.82 Å². The summed E-state index contributed by atoms with van der Waals surface area (Å²) in [6.07, 6.45) is 3.11. The van der Waals surface area contributed by atoms with Crippen molar-refractivity contribution in [3.8, 4) is 0 Å². The van der Waals surface area contributed by atoms with Gasteiger partial charge in [-0.3, -0.25) is 19.6 Å². The minimum absolute atomic E-state index is 0.0453. The number of thioether (sulfide) groups is 1. The summed E-state index contributed by atoms with van der Waals surface area (Å²) in [6, 6.07) is 7.87.